The average molecular weight is 562 g/mol. The van der Waals surface area contributed by atoms with E-state index in [1.54, 1.807) is 18.5 Å². The number of ether oxygens (including phenoxy) is 1. The number of benzene rings is 3. The topological polar surface area (TPSA) is 63.8 Å². The van der Waals surface area contributed by atoms with Crippen LogP contribution in [0.3, 0.4) is 0 Å². The fourth-order valence-electron chi connectivity index (χ4n) is 4.83. The Kier molecular flexibility index (Phi) is 7.53. The molecule has 1 aliphatic rings. The highest BCUT2D eigenvalue weighted by atomic mass is 32.1. The zero-order chi connectivity index (χ0) is 28.4. The van der Waals surface area contributed by atoms with Crippen molar-refractivity contribution in [3.63, 3.8) is 0 Å². The van der Waals surface area contributed by atoms with Gasteiger partial charge in [0.05, 0.1) is 17.1 Å². The molecule has 0 spiro atoms. The first kappa shape index (κ1) is 27.3. The van der Waals surface area contributed by atoms with Gasteiger partial charge in [0.25, 0.3) is 0 Å². The number of halogens is 3. The molecule has 0 unspecified atom stereocenters. The number of anilines is 1. The summed E-state index contributed by atoms with van der Waals surface area (Å²) in [5, 5.41) is 11.9. The van der Waals surface area contributed by atoms with Gasteiger partial charge in [-0.3, -0.25) is 0 Å². The molecule has 1 aliphatic carbocycles. The molecule has 0 radical (unpaired) electrons. The largest absolute Gasteiger partial charge is 0.573 e. The third-order valence-corrected chi connectivity index (χ3v) is 6.96. The van der Waals surface area contributed by atoms with Crippen LogP contribution in [0.15, 0.2) is 83.8 Å². The van der Waals surface area contributed by atoms with Crippen LogP contribution in [-0.2, 0) is 19.3 Å². The van der Waals surface area contributed by atoms with Crippen LogP contribution in [0.2, 0.25) is 0 Å². The van der Waals surface area contributed by atoms with E-state index in [9.17, 15) is 13.2 Å². The number of alkyl halides is 3. The monoisotopic (exact) mass is 561 g/mol. The van der Waals surface area contributed by atoms with Gasteiger partial charge in [0.1, 0.15) is 12.1 Å². The number of aryl methyl sites for hydroxylation is 3. The van der Waals surface area contributed by atoms with Crippen molar-refractivity contribution < 1.29 is 17.9 Å². The Morgan fingerprint density at radius 2 is 1.88 bits per heavy atom. The summed E-state index contributed by atoms with van der Waals surface area (Å²) in [5.41, 5.74) is 9.15. The number of imidazole rings is 1. The van der Waals surface area contributed by atoms with Gasteiger partial charge in [0, 0.05) is 22.5 Å². The maximum atomic E-state index is 12.5. The first-order chi connectivity index (χ1) is 19.1. The van der Waals surface area contributed by atoms with E-state index < -0.39 is 6.36 Å². The van der Waals surface area contributed by atoms with Crippen LogP contribution < -0.4 is 10.1 Å². The fraction of sp³-hybridized carbons (Fsp3) is 0.200. The summed E-state index contributed by atoms with van der Waals surface area (Å²) in [6.07, 6.45) is -0.700. The van der Waals surface area contributed by atoms with Crippen molar-refractivity contribution in [1.29, 1.82) is 0 Å². The van der Waals surface area contributed by atoms with Gasteiger partial charge in [-0.05, 0) is 85.4 Å². The number of aromatic nitrogens is 2. The lowest BCUT2D eigenvalue weighted by atomic mass is 9.90. The van der Waals surface area contributed by atoms with Gasteiger partial charge in [-0.2, -0.15) is 0 Å². The molecule has 0 amide bonds. The van der Waals surface area contributed by atoms with Crippen LogP contribution in [0.1, 0.15) is 34.9 Å². The molecule has 4 aromatic rings. The summed E-state index contributed by atoms with van der Waals surface area (Å²) in [6.45, 7) is 8.18. The summed E-state index contributed by atoms with van der Waals surface area (Å²) in [4.78, 5) is 4.61. The van der Waals surface area contributed by atoms with Gasteiger partial charge >= 0.3 is 6.36 Å². The van der Waals surface area contributed by atoms with Crippen molar-refractivity contribution in [1.82, 2.24) is 9.55 Å². The van der Waals surface area contributed by atoms with E-state index in [0.29, 0.717) is 17.8 Å². The summed E-state index contributed by atoms with van der Waals surface area (Å²) in [5.74, 6) is -0.266. The number of nitrogens with zero attached hydrogens (tertiary/aromatic N) is 4. The number of azo groups is 1. The molecule has 0 atom stereocenters. The number of rotatable bonds is 6. The zero-order valence-electron chi connectivity index (χ0n) is 21.9. The SMILES string of the molecule is C=C(/N=N/C(=S)Nc1c(C)cccc1CC)c1ccc2c(c1)CCc1c-2ncn1-c1ccc(OC(F)(F)F)cc1. The lowest BCUT2D eigenvalue weighted by Gasteiger charge is -2.19. The summed E-state index contributed by atoms with van der Waals surface area (Å²) in [7, 11) is 0. The normalized spacial score (nSPS) is 12.6. The van der Waals surface area contributed by atoms with Crippen LogP contribution in [0, 0.1) is 6.92 Å². The van der Waals surface area contributed by atoms with Crippen LogP contribution in [0.5, 0.6) is 5.75 Å². The minimum absolute atomic E-state index is 0.260. The second-order valence-corrected chi connectivity index (χ2v) is 9.75. The summed E-state index contributed by atoms with van der Waals surface area (Å²) < 4.78 is 43.4. The second kappa shape index (κ2) is 11.1. The van der Waals surface area contributed by atoms with Gasteiger partial charge in [0.2, 0.25) is 5.11 Å². The molecule has 5 rings (SSSR count). The Morgan fingerprint density at radius 1 is 1.10 bits per heavy atom. The summed E-state index contributed by atoms with van der Waals surface area (Å²) in [6, 6.07) is 17.8. The predicted octanol–water partition coefficient (Wildman–Crippen LogP) is 8.23. The minimum atomic E-state index is -4.73. The second-order valence-electron chi connectivity index (χ2n) is 9.36. The van der Waals surface area contributed by atoms with E-state index in [1.807, 2.05) is 41.8 Å². The van der Waals surface area contributed by atoms with Crippen molar-refractivity contribution in [2.24, 2.45) is 10.2 Å². The van der Waals surface area contributed by atoms with E-state index in [-0.39, 0.29) is 10.9 Å². The Labute approximate surface area is 235 Å². The maximum Gasteiger partial charge on any atom is 0.573 e. The van der Waals surface area contributed by atoms with Gasteiger partial charge in [-0.1, -0.05) is 43.8 Å². The van der Waals surface area contributed by atoms with Gasteiger partial charge in [0.15, 0.2) is 0 Å². The minimum Gasteiger partial charge on any atom is -0.406 e. The molecule has 0 bridgehead atoms. The first-order valence-corrected chi connectivity index (χ1v) is 13.1. The quantitative estimate of drug-likeness (QED) is 0.190. The Hall–Kier alpha value is -4.31. The number of hydrogen-bond acceptors (Lipinski definition) is 4. The molecular weight excluding hydrogens is 535 g/mol. The van der Waals surface area contributed by atoms with Gasteiger partial charge in [-0.25, -0.2) is 4.98 Å². The number of thiocarbonyl (C=S) groups is 1. The molecule has 0 saturated carbocycles. The third kappa shape index (κ3) is 5.81. The smallest absolute Gasteiger partial charge is 0.406 e. The molecule has 0 saturated heterocycles. The lowest BCUT2D eigenvalue weighted by molar-refractivity contribution is -0.274. The highest BCUT2D eigenvalue weighted by molar-refractivity contribution is 7.80. The van der Waals surface area contributed by atoms with Gasteiger partial charge < -0.3 is 14.6 Å². The van der Waals surface area contributed by atoms with E-state index in [1.165, 1.54) is 12.1 Å². The molecule has 10 heteroatoms. The lowest BCUT2D eigenvalue weighted by Crippen LogP contribution is -2.17. The van der Waals surface area contributed by atoms with Crippen LogP contribution in [0.4, 0.5) is 18.9 Å². The molecule has 40 heavy (non-hydrogen) atoms. The van der Waals surface area contributed by atoms with E-state index in [4.69, 9.17) is 12.2 Å². The molecule has 1 N–H and O–H groups in total. The highest BCUT2D eigenvalue weighted by Crippen LogP contribution is 2.35. The Morgan fingerprint density at radius 3 is 2.60 bits per heavy atom. The molecule has 3 aromatic carbocycles. The molecule has 204 valence electrons. The van der Waals surface area contributed by atoms with Crippen molar-refractivity contribution in [3.8, 4) is 22.7 Å². The van der Waals surface area contributed by atoms with Crippen molar-refractivity contribution in [2.45, 2.75) is 39.5 Å². The maximum absolute atomic E-state index is 12.5. The van der Waals surface area contributed by atoms with Crippen molar-refractivity contribution in [3.05, 3.63) is 102 Å². The number of nitrogens with one attached hydrogen (secondary N) is 1. The van der Waals surface area contributed by atoms with Crippen LogP contribution >= 0.6 is 12.2 Å². The first-order valence-electron chi connectivity index (χ1n) is 12.7. The molecule has 1 heterocycles. The predicted molar refractivity (Wildman–Crippen MR) is 154 cm³/mol. The molecule has 0 fully saturated rings. The van der Waals surface area contributed by atoms with Crippen LogP contribution in [0.25, 0.3) is 22.6 Å². The van der Waals surface area contributed by atoms with Crippen molar-refractivity contribution >= 4 is 28.7 Å². The standard InChI is InChI=1S/C30H26F3N5OS/c1-4-20-7-5-6-18(2)27(20)35-29(40)37-36-19(3)21-8-14-25-22(16-21)9-15-26-28(25)34-17-38(26)23-10-12-24(13-11-23)39-30(31,32)33/h5-8,10-14,16-17H,3-4,9,15H2,1-2H3,(H,35,40)/b37-36+. The molecule has 6 nitrogen and oxygen atoms in total. The Balaban J connectivity index is 1.31. The Bertz CT molecular complexity index is 1620. The van der Waals surface area contributed by atoms with Crippen LogP contribution in [-0.4, -0.2) is 21.0 Å². The van der Waals surface area contributed by atoms with E-state index in [0.717, 1.165) is 57.7 Å². The highest BCUT2D eigenvalue weighted by Gasteiger charge is 2.31. The average Bonchev–Trinajstić information content (AvgIpc) is 3.36. The van der Waals surface area contributed by atoms with Crippen molar-refractivity contribution in [2.75, 3.05) is 5.32 Å². The molecule has 0 aliphatic heterocycles. The number of hydrogen-bond donors (Lipinski definition) is 1. The summed E-state index contributed by atoms with van der Waals surface area (Å²) >= 11 is 5.41. The fourth-order valence-corrected chi connectivity index (χ4v) is 4.97. The third-order valence-electron chi connectivity index (χ3n) is 6.77. The number of fused-ring (bicyclic) bond motifs is 3. The molecule has 1 aromatic heterocycles. The zero-order valence-corrected chi connectivity index (χ0v) is 22.7. The molecular formula is C30H26F3N5OS. The van der Waals surface area contributed by atoms with E-state index >= 15 is 0 Å². The van der Waals surface area contributed by atoms with E-state index in [2.05, 4.69) is 44.8 Å². The number of para-hydroxylation sites is 1. The van der Waals surface area contributed by atoms with Gasteiger partial charge in [-0.15, -0.1) is 23.4 Å².